The fraction of sp³-hybridized carbons (Fsp3) is 0.556. The van der Waals surface area contributed by atoms with Crippen LogP contribution >= 0.6 is 0 Å². The van der Waals surface area contributed by atoms with E-state index in [0.29, 0.717) is 6.04 Å². The molecule has 2 saturated heterocycles. The normalized spacial score (nSPS) is 19.0. The fourth-order valence-corrected chi connectivity index (χ4v) is 3.52. The second kappa shape index (κ2) is 7.41. The van der Waals surface area contributed by atoms with Crippen LogP contribution in [0.5, 0.6) is 0 Å². The highest BCUT2D eigenvalue weighted by Gasteiger charge is 2.22. The largest absolute Gasteiger partial charge is 0.378 e. The number of carbonyl (C=O) groups is 1. The molecule has 138 valence electrons. The Labute approximate surface area is 152 Å². The molecule has 8 nitrogen and oxygen atoms in total. The number of amides is 1. The lowest BCUT2D eigenvalue weighted by atomic mass is 10.1. The quantitative estimate of drug-likeness (QED) is 0.826. The van der Waals surface area contributed by atoms with Crippen molar-refractivity contribution in [2.75, 3.05) is 44.3 Å². The van der Waals surface area contributed by atoms with Crippen molar-refractivity contribution in [3.05, 3.63) is 24.7 Å². The summed E-state index contributed by atoms with van der Waals surface area (Å²) in [6.07, 6.45) is 7.56. The van der Waals surface area contributed by atoms with Gasteiger partial charge >= 0.3 is 0 Å². The van der Waals surface area contributed by atoms with Gasteiger partial charge in [-0.05, 0) is 18.9 Å². The molecule has 0 radical (unpaired) electrons. The molecular weight excluding hydrogens is 332 g/mol. The lowest BCUT2D eigenvalue weighted by Crippen LogP contribution is -2.37. The van der Waals surface area contributed by atoms with E-state index in [0.717, 1.165) is 69.4 Å². The molecule has 1 amide bonds. The Hall–Kier alpha value is -2.48. The summed E-state index contributed by atoms with van der Waals surface area (Å²) in [6.45, 7) is 6.32. The molecule has 0 saturated carbocycles. The molecule has 4 rings (SSSR count). The maximum atomic E-state index is 11.5. The second-order valence-corrected chi connectivity index (χ2v) is 6.79. The Kier molecular flexibility index (Phi) is 4.83. The van der Waals surface area contributed by atoms with E-state index in [2.05, 4.69) is 14.9 Å². The lowest BCUT2D eigenvalue weighted by Gasteiger charge is -2.31. The van der Waals surface area contributed by atoms with Crippen molar-refractivity contribution >= 4 is 11.9 Å². The van der Waals surface area contributed by atoms with Gasteiger partial charge in [0, 0.05) is 57.3 Å². The van der Waals surface area contributed by atoms with Crippen molar-refractivity contribution in [1.29, 1.82) is 0 Å². The second-order valence-electron chi connectivity index (χ2n) is 6.79. The highest BCUT2D eigenvalue weighted by Crippen LogP contribution is 2.24. The number of anilines is 1. The van der Waals surface area contributed by atoms with E-state index in [1.54, 1.807) is 6.92 Å². The van der Waals surface area contributed by atoms with E-state index >= 15 is 0 Å². The Morgan fingerprint density at radius 2 is 1.81 bits per heavy atom. The van der Waals surface area contributed by atoms with Crippen LogP contribution in [-0.4, -0.2) is 69.9 Å². The molecule has 4 heterocycles. The van der Waals surface area contributed by atoms with Gasteiger partial charge in [0.05, 0.1) is 24.9 Å². The Balaban J connectivity index is 1.42. The average molecular weight is 356 g/mol. The van der Waals surface area contributed by atoms with Gasteiger partial charge in [0.15, 0.2) is 0 Å². The highest BCUT2D eigenvalue weighted by atomic mass is 16.5. The third-order valence-corrected chi connectivity index (χ3v) is 5.12. The van der Waals surface area contributed by atoms with E-state index in [4.69, 9.17) is 9.84 Å². The van der Waals surface area contributed by atoms with Gasteiger partial charge in [-0.25, -0.2) is 9.97 Å². The van der Waals surface area contributed by atoms with Crippen molar-refractivity contribution in [3.8, 4) is 11.3 Å². The van der Waals surface area contributed by atoms with Crippen LogP contribution in [0.15, 0.2) is 24.7 Å². The van der Waals surface area contributed by atoms with Gasteiger partial charge < -0.3 is 14.5 Å². The predicted molar refractivity (Wildman–Crippen MR) is 96.8 cm³/mol. The molecule has 0 bridgehead atoms. The number of likely N-dealkylation sites (tertiary alicyclic amines) is 1. The molecule has 2 aromatic heterocycles. The number of hydrogen-bond donors (Lipinski definition) is 0. The maximum Gasteiger partial charge on any atom is 0.225 e. The third-order valence-electron chi connectivity index (χ3n) is 5.12. The zero-order chi connectivity index (χ0) is 17.9. The minimum absolute atomic E-state index is 0.155. The van der Waals surface area contributed by atoms with Crippen LogP contribution in [0.4, 0.5) is 5.95 Å². The number of piperidine rings is 1. The van der Waals surface area contributed by atoms with Crippen LogP contribution in [0.3, 0.4) is 0 Å². The van der Waals surface area contributed by atoms with Gasteiger partial charge in [-0.15, -0.1) is 0 Å². The molecule has 2 fully saturated rings. The smallest absolute Gasteiger partial charge is 0.225 e. The summed E-state index contributed by atoms with van der Waals surface area (Å²) in [5.41, 5.74) is 1.80. The average Bonchev–Trinajstić information content (AvgIpc) is 3.19. The van der Waals surface area contributed by atoms with E-state index in [1.165, 1.54) is 0 Å². The lowest BCUT2D eigenvalue weighted by molar-refractivity contribution is -0.130. The number of carbonyl (C=O) groups excluding carboxylic acids is 1. The number of rotatable bonds is 3. The Morgan fingerprint density at radius 3 is 2.46 bits per heavy atom. The summed E-state index contributed by atoms with van der Waals surface area (Å²) in [5.74, 6) is 0.898. The van der Waals surface area contributed by atoms with Crippen molar-refractivity contribution in [1.82, 2.24) is 24.6 Å². The molecule has 0 N–H and O–H groups in total. The predicted octanol–water partition coefficient (Wildman–Crippen LogP) is 1.36. The minimum atomic E-state index is 0.155. The molecule has 0 aromatic carbocycles. The van der Waals surface area contributed by atoms with Crippen LogP contribution in [0.1, 0.15) is 25.8 Å². The van der Waals surface area contributed by atoms with Crippen LogP contribution in [0.2, 0.25) is 0 Å². The topological polar surface area (TPSA) is 76.4 Å². The van der Waals surface area contributed by atoms with Crippen LogP contribution in [-0.2, 0) is 9.53 Å². The summed E-state index contributed by atoms with van der Waals surface area (Å²) in [6, 6.07) is 2.35. The van der Waals surface area contributed by atoms with Gasteiger partial charge in [-0.3, -0.25) is 9.48 Å². The molecule has 0 atom stereocenters. The van der Waals surface area contributed by atoms with Gasteiger partial charge in [-0.2, -0.15) is 5.10 Å². The van der Waals surface area contributed by atoms with E-state index in [9.17, 15) is 4.79 Å². The SMILES string of the molecule is CC(=O)N1CCC(n2ccc(-c3cnc(N4CCOCC4)nc3)n2)CC1. The molecule has 8 heteroatoms. The molecule has 2 aliphatic rings. The summed E-state index contributed by atoms with van der Waals surface area (Å²) in [4.78, 5) is 24.5. The summed E-state index contributed by atoms with van der Waals surface area (Å²) in [7, 11) is 0. The molecule has 2 aliphatic heterocycles. The molecular formula is C18H24N6O2. The standard InChI is InChI=1S/C18H24N6O2/c1-14(25)22-5-2-16(3-6-22)24-7-4-17(21-24)15-12-19-18(20-13-15)23-8-10-26-11-9-23/h4,7,12-13,16H,2-3,5-6,8-11H2,1H3. The van der Waals surface area contributed by atoms with Gasteiger partial charge in [0.1, 0.15) is 0 Å². The summed E-state index contributed by atoms with van der Waals surface area (Å²) >= 11 is 0. The molecule has 26 heavy (non-hydrogen) atoms. The van der Waals surface area contributed by atoms with Gasteiger partial charge in [-0.1, -0.05) is 0 Å². The summed E-state index contributed by atoms with van der Waals surface area (Å²) < 4.78 is 7.38. The van der Waals surface area contributed by atoms with Crippen LogP contribution in [0, 0.1) is 0 Å². The van der Waals surface area contributed by atoms with Crippen molar-refractivity contribution in [3.63, 3.8) is 0 Å². The molecule has 2 aromatic rings. The zero-order valence-electron chi connectivity index (χ0n) is 15.0. The highest BCUT2D eigenvalue weighted by molar-refractivity contribution is 5.73. The number of aromatic nitrogens is 4. The zero-order valence-corrected chi connectivity index (χ0v) is 15.0. The number of morpholine rings is 1. The van der Waals surface area contributed by atoms with Crippen molar-refractivity contribution in [2.24, 2.45) is 0 Å². The number of nitrogens with zero attached hydrogens (tertiary/aromatic N) is 6. The Bertz CT molecular complexity index is 745. The van der Waals surface area contributed by atoms with E-state index < -0.39 is 0 Å². The monoisotopic (exact) mass is 356 g/mol. The minimum Gasteiger partial charge on any atom is -0.378 e. The van der Waals surface area contributed by atoms with Gasteiger partial charge in [0.25, 0.3) is 0 Å². The number of hydrogen-bond acceptors (Lipinski definition) is 6. The Morgan fingerprint density at radius 1 is 1.12 bits per heavy atom. The first-order valence-corrected chi connectivity index (χ1v) is 9.16. The first-order chi connectivity index (χ1) is 12.7. The number of ether oxygens (including phenoxy) is 1. The van der Waals surface area contributed by atoms with Crippen molar-refractivity contribution < 1.29 is 9.53 Å². The summed E-state index contributed by atoms with van der Waals surface area (Å²) in [5, 5.41) is 4.72. The van der Waals surface area contributed by atoms with E-state index in [1.807, 2.05) is 34.2 Å². The van der Waals surface area contributed by atoms with Crippen LogP contribution < -0.4 is 4.90 Å². The molecule has 0 unspecified atom stereocenters. The maximum absolute atomic E-state index is 11.5. The van der Waals surface area contributed by atoms with Crippen LogP contribution in [0.25, 0.3) is 11.3 Å². The molecule has 0 spiro atoms. The first kappa shape index (κ1) is 17.0. The third kappa shape index (κ3) is 3.55. The first-order valence-electron chi connectivity index (χ1n) is 9.16. The fourth-order valence-electron chi connectivity index (χ4n) is 3.52. The molecule has 0 aliphatic carbocycles. The van der Waals surface area contributed by atoms with Crippen molar-refractivity contribution in [2.45, 2.75) is 25.8 Å². The van der Waals surface area contributed by atoms with Gasteiger partial charge in [0.2, 0.25) is 11.9 Å². The van der Waals surface area contributed by atoms with E-state index in [-0.39, 0.29) is 5.91 Å².